The summed E-state index contributed by atoms with van der Waals surface area (Å²) >= 11 is 0. The third kappa shape index (κ3) is 6.25. The third-order valence-electron chi connectivity index (χ3n) is 3.13. The summed E-state index contributed by atoms with van der Waals surface area (Å²) in [4.78, 5) is 11.4. The van der Waals surface area contributed by atoms with Gasteiger partial charge in [0.25, 0.3) is 0 Å². The molecule has 0 fully saturated rings. The number of ketones is 1. The van der Waals surface area contributed by atoms with E-state index in [1.807, 2.05) is 13.8 Å². The number of rotatable bonds is 8. The van der Waals surface area contributed by atoms with Gasteiger partial charge in [0.2, 0.25) is 0 Å². The van der Waals surface area contributed by atoms with Crippen molar-refractivity contribution >= 4 is 5.78 Å². The number of unbranched alkanes of at least 4 members (excludes halogenated alkanes) is 3. The number of carbonyl (C=O) groups excluding carboxylic acids is 1. The molecule has 0 aliphatic rings. The predicted molar refractivity (Wildman–Crippen MR) is 73.1 cm³/mol. The molecule has 0 spiro atoms. The minimum absolute atomic E-state index is 0.208. The standard InChI is InChI=1S/C16H24O/c1-14(2)16(17)13-9-4-3-6-10-15-11-7-5-8-12-15/h5,7-8,11-12,14H,3-4,6,9-10,13H2,1-2H3. The number of Topliss-reactive ketones (excluding diaryl/α,β-unsaturated/α-hetero) is 1. The van der Waals surface area contributed by atoms with Crippen molar-refractivity contribution in [1.82, 2.24) is 0 Å². The third-order valence-corrected chi connectivity index (χ3v) is 3.13. The average Bonchev–Trinajstić information content (AvgIpc) is 2.34. The molecule has 0 amide bonds. The summed E-state index contributed by atoms with van der Waals surface area (Å²) in [6.45, 7) is 3.97. The van der Waals surface area contributed by atoms with Crippen molar-refractivity contribution in [3.8, 4) is 0 Å². The molecule has 0 N–H and O–H groups in total. The molecule has 0 radical (unpaired) electrons. The van der Waals surface area contributed by atoms with Crippen LogP contribution in [0.2, 0.25) is 0 Å². The van der Waals surface area contributed by atoms with Gasteiger partial charge in [-0.05, 0) is 24.8 Å². The first-order valence-corrected chi connectivity index (χ1v) is 6.77. The van der Waals surface area contributed by atoms with Crippen LogP contribution < -0.4 is 0 Å². The minimum atomic E-state index is 0.208. The van der Waals surface area contributed by atoms with Gasteiger partial charge in [0, 0.05) is 12.3 Å². The summed E-state index contributed by atoms with van der Waals surface area (Å²) in [5, 5.41) is 0. The number of aryl methyl sites for hydroxylation is 1. The fraction of sp³-hybridized carbons (Fsp3) is 0.562. The first-order valence-electron chi connectivity index (χ1n) is 6.77. The van der Waals surface area contributed by atoms with Gasteiger partial charge >= 0.3 is 0 Å². The Morgan fingerprint density at radius 3 is 2.29 bits per heavy atom. The molecule has 0 aliphatic carbocycles. The van der Waals surface area contributed by atoms with E-state index >= 15 is 0 Å². The minimum Gasteiger partial charge on any atom is -0.299 e. The Morgan fingerprint density at radius 2 is 1.65 bits per heavy atom. The van der Waals surface area contributed by atoms with E-state index in [9.17, 15) is 4.79 Å². The summed E-state index contributed by atoms with van der Waals surface area (Å²) in [5.74, 6) is 0.618. The van der Waals surface area contributed by atoms with E-state index in [1.54, 1.807) is 0 Å². The van der Waals surface area contributed by atoms with Crippen LogP contribution in [0.1, 0.15) is 51.5 Å². The van der Waals surface area contributed by atoms with Crippen LogP contribution in [0, 0.1) is 5.92 Å². The van der Waals surface area contributed by atoms with Crippen LogP contribution in [0.15, 0.2) is 30.3 Å². The molecule has 0 aromatic heterocycles. The quantitative estimate of drug-likeness (QED) is 0.607. The van der Waals surface area contributed by atoms with Crippen molar-refractivity contribution in [1.29, 1.82) is 0 Å². The first kappa shape index (κ1) is 14.0. The van der Waals surface area contributed by atoms with Gasteiger partial charge in [0.15, 0.2) is 0 Å². The SMILES string of the molecule is CC(C)C(=O)CCCCCCc1ccccc1. The molecule has 1 heteroatoms. The molecule has 0 saturated carbocycles. The molecular weight excluding hydrogens is 208 g/mol. The fourth-order valence-electron chi connectivity index (χ4n) is 1.92. The van der Waals surface area contributed by atoms with Crippen LogP contribution in [0.3, 0.4) is 0 Å². The van der Waals surface area contributed by atoms with Gasteiger partial charge in [0.1, 0.15) is 5.78 Å². The van der Waals surface area contributed by atoms with Gasteiger partial charge < -0.3 is 0 Å². The Morgan fingerprint density at radius 1 is 1.00 bits per heavy atom. The zero-order chi connectivity index (χ0) is 12.5. The fourth-order valence-corrected chi connectivity index (χ4v) is 1.92. The van der Waals surface area contributed by atoms with E-state index in [2.05, 4.69) is 30.3 Å². The monoisotopic (exact) mass is 232 g/mol. The van der Waals surface area contributed by atoms with E-state index in [4.69, 9.17) is 0 Å². The average molecular weight is 232 g/mol. The number of benzene rings is 1. The van der Waals surface area contributed by atoms with Crippen molar-refractivity contribution in [2.75, 3.05) is 0 Å². The Kier molecular flexibility index (Phi) is 6.61. The molecule has 17 heavy (non-hydrogen) atoms. The lowest BCUT2D eigenvalue weighted by atomic mass is 10.0. The smallest absolute Gasteiger partial charge is 0.135 e. The van der Waals surface area contributed by atoms with Crippen molar-refractivity contribution in [3.63, 3.8) is 0 Å². The second-order valence-corrected chi connectivity index (χ2v) is 5.02. The van der Waals surface area contributed by atoms with E-state index < -0.39 is 0 Å². The molecule has 0 bridgehead atoms. The van der Waals surface area contributed by atoms with Crippen LogP contribution >= 0.6 is 0 Å². The molecule has 0 heterocycles. The van der Waals surface area contributed by atoms with Crippen molar-refractivity contribution in [2.24, 2.45) is 5.92 Å². The van der Waals surface area contributed by atoms with E-state index in [0.29, 0.717) is 5.78 Å². The largest absolute Gasteiger partial charge is 0.299 e. The molecule has 0 saturated heterocycles. The Bertz CT molecular complexity index is 314. The lowest BCUT2D eigenvalue weighted by Gasteiger charge is -2.04. The van der Waals surface area contributed by atoms with Gasteiger partial charge in [-0.2, -0.15) is 0 Å². The Hall–Kier alpha value is -1.11. The van der Waals surface area contributed by atoms with Gasteiger partial charge in [-0.25, -0.2) is 0 Å². The van der Waals surface area contributed by atoms with Crippen LogP contribution in [-0.2, 0) is 11.2 Å². The Balaban J connectivity index is 2.00. The number of carbonyl (C=O) groups is 1. The highest BCUT2D eigenvalue weighted by molar-refractivity contribution is 5.80. The zero-order valence-corrected chi connectivity index (χ0v) is 11.1. The molecule has 1 nitrogen and oxygen atoms in total. The highest BCUT2D eigenvalue weighted by atomic mass is 16.1. The molecule has 0 aliphatic heterocycles. The summed E-state index contributed by atoms with van der Waals surface area (Å²) in [5.41, 5.74) is 1.42. The maximum atomic E-state index is 11.4. The molecule has 94 valence electrons. The summed E-state index contributed by atoms with van der Waals surface area (Å²) in [6.07, 6.45) is 6.65. The van der Waals surface area contributed by atoms with Gasteiger partial charge in [-0.3, -0.25) is 4.79 Å². The summed E-state index contributed by atoms with van der Waals surface area (Å²) < 4.78 is 0. The summed E-state index contributed by atoms with van der Waals surface area (Å²) in [6, 6.07) is 10.6. The van der Waals surface area contributed by atoms with E-state index in [0.717, 1.165) is 12.8 Å². The highest BCUT2D eigenvalue weighted by Gasteiger charge is 2.05. The highest BCUT2D eigenvalue weighted by Crippen LogP contribution is 2.10. The van der Waals surface area contributed by atoms with Crippen LogP contribution in [0.25, 0.3) is 0 Å². The number of hydrogen-bond donors (Lipinski definition) is 0. The van der Waals surface area contributed by atoms with E-state index in [1.165, 1.54) is 31.2 Å². The lowest BCUT2D eigenvalue weighted by Crippen LogP contribution is -2.05. The predicted octanol–water partition coefficient (Wildman–Crippen LogP) is 4.40. The van der Waals surface area contributed by atoms with Gasteiger partial charge in [-0.15, -0.1) is 0 Å². The Labute approximate surface area is 105 Å². The molecule has 1 rings (SSSR count). The van der Waals surface area contributed by atoms with E-state index in [-0.39, 0.29) is 5.92 Å². The maximum Gasteiger partial charge on any atom is 0.135 e. The molecule has 0 unspecified atom stereocenters. The van der Waals surface area contributed by atoms with Crippen LogP contribution in [0.5, 0.6) is 0 Å². The first-order chi connectivity index (χ1) is 8.20. The normalized spacial score (nSPS) is 10.8. The van der Waals surface area contributed by atoms with Crippen LogP contribution in [-0.4, -0.2) is 5.78 Å². The molecule has 1 aromatic rings. The van der Waals surface area contributed by atoms with Crippen LogP contribution in [0.4, 0.5) is 0 Å². The second-order valence-electron chi connectivity index (χ2n) is 5.02. The molecular formula is C16H24O. The van der Waals surface area contributed by atoms with Crippen molar-refractivity contribution in [2.45, 2.75) is 52.4 Å². The zero-order valence-electron chi connectivity index (χ0n) is 11.1. The van der Waals surface area contributed by atoms with Crippen molar-refractivity contribution in [3.05, 3.63) is 35.9 Å². The van der Waals surface area contributed by atoms with Gasteiger partial charge in [0.05, 0.1) is 0 Å². The topological polar surface area (TPSA) is 17.1 Å². The maximum absolute atomic E-state index is 11.4. The van der Waals surface area contributed by atoms with Gasteiger partial charge in [-0.1, -0.05) is 57.0 Å². The summed E-state index contributed by atoms with van der Waals surface area (Å²) in [7, 11) is 0. The lowest BCUT2D eigenvalue weighted by molar-refractivity contribution is -0.122. The second kappa shape index (κ2) is 8.05. The molecule has 1 aromatic carbocycles. The number of hydrogen-bond acceptors (Lipinski definition) is 1. The molecule has 0 atom stereocenters. The van der Waals surface area contributed by atoms with Crippen molar-refractivity contribution < 1.29 is 4.79 Å².